The maximum absolute atomic E-state index is 12.9. The molecular weight excluding hydrogens is 454 g/mol. The van der Waals surface area contributed by atoms with Gasteiger partial charge >= 0.3 is 6.03 Å². The summed E-state index contributed by atoms with van der Waals surface area (Å²) < 4.78 is 0. The highest BCUT2D eigenvalue weighted by atomic mass is 16.2. The molecule has 186 valence electrons. The summed E-state index contributed by atoms with van der Waals surface area (Å²) in [6, 6.07) is 15.0. The first kappa shape index (κ1) is 23.6. The maximum atomic E-state index is 12.9. The number of nitrogens with zero attached hydrogens (tertiary/aromatic N) is 2. The number of anilines is 3. The van der Waals surface area contributed by atoms with Crippen molar-refractivity contribution in [3.8, 4) is 11.3 Å². The minimum absolute atomic E-state index is 0.0654. The van der Waals surface area contributed by atoms with Crippen molar-refractivity contribution in [2.24, 2.45) is 0 Å². The van der Waals surface area contributed by atoms with Crippen LogP contribution in [0.15, 0.2) is 54.7 Å². The van der Waals surface area contributed by atoms with Crippen molar-refractivity contribution in [1.82, 2.24) is 20.6 Å². The second kappa shape index (κ2) is 10.6. The van der Waals surface area contributed by atoms with Gasteiger partial charge in [0, 0.05) is 36.1 Å². The van der Waals surface area contributed by atoms with Crippen LogP contribution in [-0.2, 0) is 6.54 Å². The maximum Gasteiger partial charge on any atom is 0.319 e. The number of pyridine rings is 2. The number of amides is 3. The van der Waals surface area contributed by atoms with Gasteiger partial charge in [-0.3, -0.25) is 4.79 Å². The third-order valence-electron chi connectivity index (χ3n) is 6.49. The summed E-state index contributed by atoms with van der Waals surface area (Å²) in [6.07, 6.45) is 8.23. The summed E-state index contributed by atoms with van der Waals surface area (Å²) >= 11 is 0. The van der Waals surface area contributed by atoms with Gasteiger partial charge in [0.2, 0.25) is 0 Å². The van der Waals surface area contributed by atoms with Crippen molar-refractivity contribution in [2.75, 3.05) is 16.4 Å². The van der Waals surface area contributed by atoms with Crippen molar-refractivity contribution in [1.29, 1.82) is 0 Å². The molecule has 2 fully saturated rings. The van der Waals surface area contributed by atoms with Gasteiger partial charge in [-0.2, -0.15) is 0 Å². The van der Waals surface area contributed by atoms with E-state index in [4.69, 9.17) is 10.7 Å². The lowest BCUT2D eigenvalue weighted by Crippen LogP contribution is -2.33. The SMILES string of the molecule is Nc1ccc(CNC(=O)Nc2ccc(-c3ccc(C(=O)NC4CCCC4)c(NC4CC4)n3)cc2)cn1. The monoisotopic (exact) mass is 485 g/mol. The van der Waals surface area contributed by atoms with E-state index in [9.17, 15) is 9.59 Å². The molecule has 0 radical (unpaired) electrons. The van der Waals surface area contributed by atoms with Gasteiger partial charge in [0.25, 0.3) is 5.91 Å². The van der Waals surface area contributed by atoms with E-state index in [-0.39, 0.29) is 18.0 Å². The Kier molecular flexibility index (Phi) is 6.97. The second-order valence-electron chi connectivity index (χ2n) is 9.44. The highest BCUT2D eigenvalue weighted by molar-refractivity contribution is 5.99. The summed E-state index contributed by atoms with van der Waals surface area (Å²) in [5.41, 5.74) is 9.36. The smallest absolute Gasteiger partial charge is 0.319 e. The van der Waals surface area contributed by atoms with Gasteiger partial charge in [-0.05, 0) is 61.6 Å². The number of benzene rings is 1. The summed E-state index contributed by atoms with van der Waals surface area (Å²) in [5, 5.41) is 12.2. The summed E-state index contributed by atoms with van der Waals surface area (Å²) in [4.78, 5) is 34.0. The van der Waals surface area contributed by atoms with Crippen LogP contribution in [0.5, 0.6) is 0 Å². The molecule has 2 saturated carbocycles. The molecule has 0 unspecified atom stereocenters. The average molecular weight is 486 g/mol. The van der Waals surface area contributed by atoms with E-state index in [1.54, 1.807) is 12.3 Å². The van der Waals surface area contributed by atoms with E-state index in [0.717, 1.165) is 42.5 Å². The molecule has 36 heavy (non-hydrogen) atoms. The number of rotatable bonds is 8. The van der Waals surface area contributed by atoms with Crippen LogP contribution in [0.3, 0.4) is 0 Å². The predicted octanol–water partition coefficient (Wildman–Crippen LogP) is 4.29. The number of urea groups is 1. The fraction of sp³-hybridized carbons (Fsp3) is 0.333. The number of nitrogens with two attached hydrogens (primary N) is 1. The van der Waals surface area contributed by atoms with E-state index >= 15 is 0 Å². The molecule has 2 aliphatic carbocycles. The second-order valence-corrected chi connectivity index (χ2v) is 9.44. The quantitative estimate of drug-likeness (QED) is 0.323. The van der Waals surface area contributed by atoms with Crippen LogP contribution < -0.4 is 27.0 Å². The fourth-order valence-electron chi connectivity index (χ4n) is 4.29. The Bertz CT molecular complexity index is 1220. The normalized spacial score (nSPS) is 15.3. The van der Waals surface area contributed by atoms with Crippen LogP contribution in [-0.4, -0.2) is 34.0 Å². The van der Waals surface area contributed by atoms with E-state index in [2.05, 4.69) is 26.3 Å². The van der Waals surface area contributed by atoms with Gasteiger partial charge in [0.1, 0.15) is 11.6 Å². The van der Waals surface area contributed by atoms with Crippen molar-refractivity contribution in [3.63, 3.8) is 0 Å². The van der Waals surface area contributed by atoms with E-state index in [0.29, 0.717) is 35.5 Å². The molecule has 0 atom stereocenters. The van der Waals surface area contributed by atoms with E-state index in [1.807, 2.05) is 42.5 Å². The largest absolute Gasteiger partial charge is 0.384 e. The molecule has 1 aromatic carbocycles. The van der Waals surface area contributed by atoms with Crippen molar-refractivity contribution < 1.29 is 9.59 Å². The molecule has 3 aromatic rings. The minimum Gasteiger partial charge on any atom is -0.384 e. The zero-order chi connectivity index (χ0) is 24.9. The Balaban J connectivity index is 1.23. The molecule has 0 saturated heterocycles. The van der Waals surface area contributed by atoms with Crippen molar-refractivity contribution in [3.05, 3.63) is 65.9 Å². The zero-order valence-corrected chi connectivity index (χ0v) is 20.1. The minimum atomic E-state index is -0.314. The number of hydrogen-bond acceptors (Lipinski definition) is 6. The van der Waals surface area contributed by atoms with Gasteiger partial charge in [0.05, 0.1) is 11.3 Å². The molecule has 3 amide bonds. The number of nitrogen functional groups attached to an aromatic ring is 1. The Hall–Kier alpha value is -4.14. The van der Waals surface area contributed by atoms with Crippen molar-refractivity contribution in [2.45, 2.75) is 57.2 Å². The first-order valence-electron chi connectivity index (χ1n) is 12.5. The van der Waals surface area contributed by atoms with Gasteiger partial charge in [0.15, 0.2) is 0 Å². The van der Waals surface area contributed by atoms with Crippen LogP contribution in [0.4, 0.5) is 22.1 Å². The highest BCUT2D eigenvalue weighted by Crippen LogP contribution is 2.29. The summed E-state index contributed by atoms with van der Waals surface area (Å²) in [6.45, 7) is 0.346. The molecule has 9 heteroatoms. The number of hydrogen-bond donors (Lipinski definition) is 5. The first-order valence-corrected chi connectivity index (χ1v) is 12.5. The standard InChI is InChI=1S/C27H31N7O2/c28-24-14-5-17(15-29-24)16-30-27(36)33-21-8-6-18(7-9-21)23-13-12-22(25(34-23)31-20-10-11-20)26(35)32-19-3-1-2-4-19/h5-9,12-15,19-20H,1-4,10-11,16H2,(H2,28,29)(H,31,34)(H,32,35)(H2,30,33,36). The van der Waals surface area contributed by atoms with Crippen LogP contribution in [0.2, 0.25) is 0 Å². The fourth-order valence-corrected chi connectivity index (χ4v) is 4.29. The third-order valence-corrected chi connectivity index (χ3v) is 6.49. The molecule has 0 spiro atoms. The zero-order valence-electron chi connectivity index (χ0n) is 20.1. The first-order chi connectivity index (χ1) is 17.5. The van der Waals surface area contributed by atoms with Crippen LogP contribution >= 0.6 is 0 Å². The van der Waals surface area contributed by atoms with Crippen LogP contribution in [0.25, 0.3) is 11.3 Å². The van der Waals surface area contributed by atoms with Gasteiger partial charge in [-0.1, -0.05) is 31.0 Å². The van der Waals surface area contributed by atoms with Crippen molar-refractivity contribution >= 4 is 29.3 Å². The van der Waals surface area contributed by atoms with Gasteiger partial charge < -0.3 is 27.0 Å². The molecule has 0 bridgehead atoms. The number of aromatic nitrogens is 2. The van der Waals surface area contributed by atoms with Crippen LogP contribution in [0, 0.1) is 0 Å². The average Bonchev–Trinajstić information content (AvgIpc) is 3.55. The summed E-state index contributed by atoms with van der Waals surface area (Å²) in [7, 11) is 0. The number of nitrogens with one attached hydrogen (secondary N) is 4. The Morgan fingerprint density at radius 1 is 0.917 bits per heavy atom. The Morgan fingerprint density at radius 3 is 2.39 bits per heavy atom. The Labute approximate surface area is 210 Å². The molecule has 5 rings (SSSR count). The van der Waals surface area contributed by atoms with Gasteiger partial charge in [-0.25, -0.2) is 14.8 Å². The van der Waals surface area contributed by atoms with Crippen LogP contribution in [0.1, 0.15) is 54.4 Å². The topological polar surface area (TPSA) is 134 Å². The Morgan fingerprint density at radius 2 is 1.69 bits per heavy atom. The number of carbonyl (C=O) groups is 2. The summed E-state index contributed by atoms with van der Waals surface area (Å²) in [5.74, 6) is 1.00. The molecule has 2 heterocycles. The lowest BCUT2D eigenvalue weighted by Gasteiger charge is -2.16. The molecule has 9 nitrogen and oxygen atoms in total. The molecule has 2 aromatic heterocycles. The lowest BCUT2D eigenvalue weighted by atomic mass is 10.1. The predicted molar refractivity (Wildman–Crippen MR) is 141 cm³/mol. The molecule has 6 N–H and O–H groups in total. The molecular formula is C27H31N7O2. The molecule has 0 aliphatic heterocycles. The van der Waals surface area contributed by atoms with E-state index < -0.39 is 0 Å². The third kappa shape index (κ3) is 6.10. The molecule has 2 aliphatic rings. The van der Waals surface area contributed by atoms with Gasteiger partial charge in [-0.15, -0.1) is 0 Å². The highest BCUT2D eigenvalue weighted by Gasteiger charge is 2.26. The lowest BCUT2D eigenvalue weighted by molar-refractivity contribution is 0.0938. The van der Waals surface area contributed by atoms with E-state index in [1.165, 1.54) is 12.8 Å². The number of carbonyl (C=O) groups excluding carboxylic acids is 2.